The molecule has 0 fully saturated rings. The van der Waals surface area contributed by atoms with Gasteiger partial charge in [0.1, 0.15) is 6.04 Å². The molecular weight excluding hydrogens is 396 g/mol. The van der Waals surface area contributed by atoms with E-state index in [4.69, 9.17) is 11.6 Å². The van der Waals surface area contributed by atoms with Crippen LogP contribution in [0.3, 0.4) is 0 Å². The van der Waals surface area contributed by atoms with Gasteiger partial charge in [-0.1, -0.05) is 72.3 Å². The zero-order valence-corrected chi connectivity index (χ0v) is 16.5. The van der Waals surface area contributed by atoms with Gasteiger partial charge in [0, 0.05) is 0 Å². The number of halogens is 1. The molecule has 0 unspecified atom stereocenters. The number of amides is 1. The van der Waals surface area contributed by atoms with Crippen LogP contribution in [0.1, 0.15) is 5.56 Å². The number of benzene rings is 3. The van der Waals surface area contributed by atoms with E-state index in [0.29, 0.717) is 10.7 Å². The van der Waals surface area contributed by atoms with Gasteiger partial charge < -0.3 is 5.32 Å². The van der Waals surface area contributed by atoms with Crippen molar-refractivity contribution in [2.75, 3.05) is 5.32 Å². The topological polar surface area (TPSA) is 75.3 Å². The van der Waals surface area contributed by atoms with Gasteiger partial charge >= 0.3 is 0 Å². The fourth-order valence-electron chi connectivity index (χ4n) is 2.68. The molecule has 0 aliphatic rings. The molecule has 0 heterocycles. The Morgan fingerprint density at radius 2 is 1.43 bits per heavy atom. The first-order valence-corrected chi connectivity index (χ1v) is 10.5. The van der Waals surface area contributed by atoms with Crippen LogP contribution in [0.2, 0.25) is 5.02 Å². The van der Waals surface area contributed by atoms with E-state index in [1.165, 1.54) is 12.1 Å². The standard InChI is InChI=1S/C21H19ClN2O3S/c22-18-13-7-8-14-19(18)23-21(25)20(15-16-9-3-1-4-10-16)24-28(26,27)17-11-5-2-6-12-17/h1-14,20,24H,15H2,(H,23,25)/t20-/m1/s1. The fraction of sp³-hybridized carbons (Fsp3) is 0.0952. The summed E-state index contributed by atoms with van der Waals surface area (Å²) >= 11 is 6.11. The molecule has 0 saturated heterocycles. The third-order valence-corrected chi connectivity index (χ3v) is 5.90. The Balaban J connectivity index is 1.86. The molecule has 144 valence electrons. The van der Waals surface area contributed by atoms with Gasteiger partial charge in [0.05, 0.1) is 15.6 Å². The van der Waals surface area contributed by atoms with Crippen molar-refractivity contribution in [3.63, 3.8) is 0 Å². The highest BCUT2D eigenvalue weighted by atomic mass is 35.5. The molecule has 0 aliphatic carbocycles. The van der Waals surface area contributed by atoms with Crippen LogP contribution in [0.5, 0.6) is 0 Å². The van der Waals surface area contributed by atoms with Gasteiger partial charge in [0.25, 0.3) is 0 Å². The molecule has 2 N–H and O–H groups in total. The van der Waals surface area contributed by atoms with Crippen molar-refractivity contribution in [2.45, 2.75) is 17.4 Å². The molecule has 0 aromatic heterocycles. The van der Waals surface area contributed by atoms with E-state index in [1.54, 1.807) is 42.5 Å². The second-order valence-corrected chi connectivity index (χ2v) is 8.27. The van der Waals surface area contributed by atoms with E-state index in [0.717, 1.165) is 5.56 Å². The average molecular weight is 415 g/mol. The van der Waals surface area contributed by atoms with Crippen molar-refractivity contribution in [2.24, 2.45) is 0 Å². The fourth-order valence-corrected chi connectivity index (χ4v) is 4.07. The van der Waals surface area contributed by atoms with Crippen LogP contribution in [-0.4, -0.2) is 20.4 Å². The Morgan fingerprint density at radius 1 is 0.857 bits per heavy atom. The summed E-state index contributed by atoms with van der Waals surface area (Å²) in [5.41, 5.74) is 1.25. The van der Waals surface area contributed by atoms with Crippen molar-refractivity contribution in [3.8, 4) is 0 Å². The van der Waals surface area contributed by atoms with Gasteiger partial charge in [-0.2, -0.15) is 4.72 Å². The number of para-hydroxylation sites is 1. The van der Waals surface area contributed by atoms with E-state index in [1.807, 2.05) is 30.3 Å². The maximum absolute atomic E-state index is 12.9. The molecule has 3 rings (SSSR count). The van der Waals surface area contributed by atoms with E-state index in [9.17, 15) is 13.2 Å². The molecule has 5 nitrogen and oxygen atoms in total. The molecule has 3 aromatic rings. The monoisotopic (exact) mass is 414 g/mol. The van der Waals surface area contributed by atoms with E-state index in [-0.39, 0.29) is 11.3 Å². The summed E-state index contributed by atoms with van der Waals surface area (Å²) in [7, 11) is -3.87. The SMILES string of the molecule is O=C(Nc1ccccc1Cl)[C@@H](Cc1ccccc1)NS(=O)(=O)c1ccccc1. The predicted molar refractivity (Wildman–Crippen MR) is 111 cm³/mol. The highest BCUT2D eigenvalue weighted by Crippen LogP contribution is 2.21. The minimum Gasteiger partial charge on any atom is -0.323 e. The molecule has 3 aromatic carbocycles. The minimum atomic E-state index is -3.87. The largest absolute Gasteiger partial charge is 0.323 e. The van der Waals surface area contributed by atoms with E-state index >= 15 is 0 Å². The lowest BCUT2D eigenvalue weighted by molar-refractivity contribution is -0.117. The van der Waals surface area contributed by atoms with Crippen LogP contribution in [-0.2, 0) is 21.2 Å². The molecule has 0 spiro atoms. The lowest BCUT2D eigenvalue weighted by Crippen LogP contribution is -2.45. The third-order valence-electron chi connectivity index (χ3n) is 4.08. The number of sulfonamides is 1. The first-order valence-electron chi connectivity index (χ1n) is 8.62. The van der Waals surface area contributed by atoms with E-state index in [2.05, 4.69) is 10.0 Å². The third kappa shape index (κ3) is 5.19. The van der Waals surface area contributed by atoms with Crippen molar-refractivity contribution in [1.29, 1.82) is 0 Å². The van der Waals surface area contributed by atoms with Gasteiger partial charge in [0.2, 0.25) is 15.9 Å². The maximum atomic E-state index is 12.9. The van der Waals surface area contributed by atoms with Crippen molar-refractivity contribution >= 4 is 33.2 Å². The summed E-state index contributed by atoms with van der Waals surface area (Å²) in [5.74, 6) is -0.489. The minimum absolute atomic E-state index is 0.0959. The molecule has 1 amide bonds. The van der Waals surface area contributed by atoms with Crippen molar-refractivity contribution < 1.29 is 13.2 Å². The number of carbonyl (C=O) groups excluding carboxylic acids is 1. The number of rotatable bonds is 7. The molecule has 7 heteroatoms. The van der Waals surface area contributed by atoms with Gasteiger partial charge in [-0.3, -0.25) is 4.79 Å². The summed E-state index contributed by atoms with van der Waals surface area (Å²) < 4.78 is 28.0. The Labute approximate surface area is 169 Å². The Hall–Kier alpha value is -2.67. The van der Waals surface area contributed by atoms with Gasteiger partial charge in [-0.15, -0.1) is 0 Å². The number of nitrogens with one attached hydrogen (secondary N) is 2. The van der Waals surface area contributed by atoms with Crippen LogP contribution in [0.25, 0.3) is 0 Å². The highest BCUT2D eigenvalue weighted by molar-refractivity contribution is 7.89. The van der Waals surface area contributed by atoms with Gasteiger partial charge in [-0.25, -0.2) is 8.42 Å². The Morgan fingerprint density at radius 3 is 2.07 bits per heavy atom. The number of anilines is 1. The van der Waals surface area contributed by atoms with Crippen LogP contribution in [0.4, 0.5) is 5.69 Å². The van der Waals surface area contributed by atoms with Crippen LogP contribution < -0.4 is 10.0 Å². The molecule has 28 heavy (non-hydrogen) atoms. The molecule has 0 saturated carbocycles. The summed E-state index contributed by atoms with van der Waals surface area (Å²) in [6, 6.07) is 22.9. The zero-order valence-electron chi connectivity index (χ0n) is 14.9. The quantitative estimate of drug-likeness (QED) is 0.616. The van der Waals surface area contributed by atoms with Crippen LogP contribution in [0.15, 0.2) is 89.8 Å². The number of hydrogen-bond acceptors (Lipinski definition) is 3. The maximum Gasteiger partial charge on any atom is 0.242 e. The second kappa shape index (κ2) is 9.01. The summed E-state index contributed by atoms with van der Waals surface area (Å²) in [5, 5.41) is 3.08. The van der Waals surface area contributed by atoms with Crippen LogP contribution >= 0.6 is 11.6 Å². The number of carbonyl (C=O) groups is 1. The molecule has 0 radical (unpaired) electrons. The average Bonchev–Trinajstić information content (AvgIpc) is 2.70. The first-order chi connectivity index (χ1) is 13.5. The van der Waals surface area contributed by atoms with Crippen molar-refractivity contribution in [1.82, 2.24) is 4.72 Å². The van der Waals surface area contributed by atoms with Crippen molar-refractivity contribution in [3.05, 3.63) is 95.5 Å². The molecule has 1 atom stereocenters. The Kier molecular flexibility index (Phi) is 6.46. The first kappa shape index (κ1) is 20.1. The second-order valence-electron chi connectivity index (χ2n) is 6.15. The molecule has 0 bridgehead atoms. The predicted octanol–water partition coefficient (Wildman–Crippen LogP) is 3.87. The van der Waals surface area contributed by atoms with E-state index < -0.39 is 22.0 Å². The normalized spacial score (nSPS) is 12.3. The Bertz CT molecular complexity index is 1040. The number of hydrogen-bond donors (Lipinski definition) is 2. The van der Waals surface area contributed by atoms with Crippen LogP contribution in [0, 0.1) is 0 Å². The lowest BCUT2D eigenvalue weighted by Gasteiger charge is -2.19. The lowest BCUT2D eigenvalue weighted by atomic mass is 10.1. The molecular formula is C21H19ClN2O3S. The summed E-state index contributed by atoms with van der Waals surface area (Å²) in [6.07, 6.45) is 0.198. The molecule has 0 aliphatic heterocycles. The highest BCUT2D eigenvalue weighted by Gasteiger charge is 2.26. The summed E-state index contributed by atoms with van der Waals surface area (Å²) in [4.78, 5) is 13.0. The van der Waals surface area contributed by atoms with Gasteiger partial charge in [-0.05, 0) is 36.2 Å². The van der Waals surface area contributed by atoms with Gasteiger partial charge in [0.15, 0.2) is 0 Å². The smallest absolute Gasteiger partial charge is 0.242 e. The summed E-state index contributed by atoms with van der Waals surface area (Å²) in [6.45, 7) is 0. The zero-order chi connectivity index (χ0) is 20.0.